The summed E-state index contributed by atoms with van der Waals surface area (Å²) in [7, 11) is 2.08. The molecule has 1 atom stereocenters. The average molecular weight is 264 g/mol. The van der Waals surface area contributed by atoms with Crippen LogP contribution in [0.1, 0.15) is 46.7 Å². The highest BCUT2D eigenvalue weighted by Crippen LogP contribution is 2.25. The normalized spacial score (nSPS) is 13.4. The molecule has 4 nitrogen and oxygen atoms in total. The predicted molar refractivity (Wildman–Crippen MR) is 81.3 cm³/mol. The molecular formula is C15H28N4. The Hall–Kier alpha value is -1.16. The maximum Gasteiger partial charge on any atom is 0.151 e. The average Bonchev–Trinajstić information content (AvgIpc) is 2.37. The fraction of sp³-hybridized carbons (Fsp3) is 0.733. The summed E-state index contributed by atoms with van der Waals surface area (Å²) in [5.41, 5.74) is 1.21. The van der Waals surface area contributed by atoms with Crippen molar-refractivity contribution in [2.45, 2.75) is 53.6 Å². The standard InChI is InChI=1S/C15H28N4/c1-7-10-16-11-13-8-9-14(18-17-13)19(6)12(2)15(3,4)5/h8-9,12,16H,7,10-11H2,1-6H3. The summed E-state index contributed by atoms with van der Waals surface area (Å²) >= 11 is 0. The maximum atomic E-state index is 4.33. The Labute approximate surface area is 117 Å². The molecule has 0 fully saturated rings. The lowest BCUT2D eigenvalue weighted by Gasteiger charge is -2.35. The third-order valence-corrected chi connectivity index (χ3v) is 3.63. The molecule has 1 aromatic rings. The molecule has 0 saturated heterocycles. The van der Waals surface area contributed by atoms with Crippen molar-refractivity contribution in [2.75, 3.05) is 18.5 Å². The van der Waals surface area contributed by atoms with Crippen molar-refractivity contribution >= 4 is 5.82 Å². The van der Waals surface area contributed by atoms with Crippen molar-refractivity contribution in [3.8, 4) is 0 Å². The summed E-state index contributed by atoms with van der Waals surface area (Å²) in [4.78, 5) is 2.19. The first kappa shape index (κ1) is 15.9. The van der Waals surface area contributed by atoms with Crippen LogP contribution in [0, 0.1) is 5.41 Å². The van der Waals surface area contributed by atoms with E-state index >= 15 is 0 Å². The largest absolute Gasteiger partial charge is 0.355 e. The molecule has 0 aromatic carbocycles. The molecule has 0 amide bonds. The molecule has 0 spiro atoms. The van der Waals surface area contributed by atoms with E-state index < -0.39 is 0 Å². The third kappa shape index (κ3) is 4.78. The van der Waals surface area contributed by atoms with Crippen LogP contribution in [0.4, 0.5) is 5.82 Å². The lowest BCUT2D eigenvalue weighted by molar-refractivity contribution is 0.328. The van der Waals surface area contributed by atoms with Gasteiger partial charge in [0.1, 0.15) is 0 Å². The number of rotatable bonds is 6. The summed E-state index contributed by atoms with van der Waals surface area (Å²) in [6.45, 7) is 12.9. The van der Waals surface area contributed by atoms with Gasteiger partial charge in [0.25, 0.3) is 0 Å². The summed E-state index contributed by atoms with van der Waals surface area (Å²) in [6.07, 6.45) is 1.14. The maximum absolute atomic E-state index is 4.33. The van der Waals surface area contributed by atoms with Gasteiger partial charge in [0.2, 0.25) is 0 Å². The van der Waals surface area contributed by atoms with Crippen molar-refractivity contribution < 1.29 is 0 Å². The number of aromatic nitrogens is 2. The molecule has 1 aromatic heterocycles. The predicted octanol–water partition coefficient (Wildman–Crippen LogP) is 2.85. The van der Waals surface area contributed by atoms with Crippen molar-refractivity contribution in [1.29, 1.82) is 0 Å². The highest BCUT2D eigenvalue weighted by Gasteiger charge is 2.24. The number of nitrogens with one attached hydrogen (secondary N) is 1. The van der Waals surface area contributed by atoms with Gasteiger partial charge >= 0.3 is 0 Å². The molecule has 1 unspecified atom stereocenters. The molecule has 4 heteroatoms. The van der Waals surface area contributed by atoms with E-state index in [4.69, 9.17) is 0 Å². The van der Waals surface area contributed by atoms with E-state index in [0.29, 0.717) is 6.04 Å². The van der Waals surface area contributed by atoms with Gasteiger partial charge in [0.15, 0.2) is 5.82 Å². The zero-order valence-corrected chi connectivity index (χ0v) is 13.2. The van der Waals surface area contributed by atoms with Crippen LogP contribution >= 0.6 is 0 Å². The molecule has 0 saturated carbocycles. The van der Waals surface area contributed by atoms with Crippen LogP contribution in [0.2, 0.25) is 0 Å². The molecule has 1 rings (SSSR count). The highest BCUT2D eigenvalue weighted by atomic mass is 15.3. The summed E-state index contributed by atoms with van der Waals surface area (Å²) in [6, 6.07) is 4.51. The molecule has 0 aliphatic rings. The zero-order valence-electron chi connectivity index (χ0n) is 13.2. The van der Waals surface area contributed by atoms with E-state index in [-0.39, 0.29) is 5.41 Å². The number of anilines is 1. The summed E-state index contributed by atoms with van der Waals surface area (Å²) < 4.78 is 0. The molecule has 1 heterocycles. The Bertz CT molecular complexity index is 367. The van der Waals surface area contributed by atoms with Gasteiger partial charge in [-0.05, 0) is 37.4 Å². The molecule has 0 bridgehead atoms. The van der Waals surface area contributed by atoms with Gasteiger partial charge in [-0.1, -0.05) is 27.7 Å². The van der Waals surface area contributed by atoms with Crippen molar-refractivity contribution in [1.82, 2.24) is 15.5 Å². The minimum Gasteiger partial charge on any atom is -0.355 e. The molecule has 0 aliphatic heterocycles. The Morgan fingerprint density at radius 2 is 1.95 bits per heavy atom. The van der Waals surface area contributed by atoms with Crippen LogP contribution in [0.25, 0.3) is 0 Å². The summed E-state index contributed by atoms with van der Waals surface area (Å²) in [5, 5.41) is 11.9. The Kier molecular flexibility index (Phi) is 5.73. The fourth-order valence-corrected chi connectivity index (χ4v) is 1.81. The van der Waals surface area contributed by atoms with E-state index in [2.05, 4.69) is 74.2 Å². The van der Waals surface area contributed by atoms with E-state index in [1.807, 2.05) is 0 Å². The SMILES string of the molecule is CCCNCc1ccc(N(C)C(C)C(C)(C)C)nn1. The Morgan fingerprint density at radius 3 is 2.42 bits per heavy atom. The zero-order chi connectivity index (χ0) is 14.5. The Balaban J connectivity index is 2.65. The van der Waals surface area contributed by atoms with Gasteiger partial charge in [0.05, 0.1) is 5.69 Å². The van der Waals surface area contributed by atoms with Crippen LogP contribution in [-0.4, -0.2) is 29.8 Å². The van der Waals surface area contributed by atoms with Gasteiger partial charge in [0, 0.05) is 19.6 Å². The first-order valence-corrected chi connectivity index (χ1v) is 7.12. The first-order valence-electron chi connectivity index (χ1n) is 7.12. The smallest absolute Gasteiger partial charge is 0.151 e. The molecule has 19 heavy (non-hydrogen) atoms. The van der Waals surface area contributed by atoms with Crippen LogP contribution in [-0.2, 0) is 6.54 Å². The number of nitrogens with zero attached hydrogens (tertiary/aromatic N) is 3. The minimum absolute atomic E-state index is 0.220. The van der Waals surface area contributed by atoms with Crippen molar-refractivity contribution in [2.24, 2.45) is 5.41 Å². The first-order chi connectivity index (χ1) is 8.86. The van der Waals surface area contributed by atoms with Gasteiger partial charge in [-0.15, -0.1) is 5.10 Å². The quantitative estimate of drug-likeness (QED) is 0.802. The second-order valence-electron chi connectivity index (χ2n) is 6.21. The fourth-order valence-electron chi connectivity index (χ4n) is 1.81. The van der Waals surface area contributed by atoms with Crippen LogP contribution in [0.15, 0.2) is 12.1 Å². The van der Waals surface area contributed by atoms with Crippen LogP contribution in [0.3, 0.4) is 0 Å². The molecule has 0 radical (unpaired) electrons. The van der Waals surface area contributed by atoms with E-state index in [0.717, 1.165) is 31.0 Å². The lowest BCUT2D eigenvalue weighted by atomic mass is 9.87. The summed E-state index contributed by atoms with van der Waals surface area (Å²) in [5.74, 6) is 0.932. The van der Waals surface area contributed by atoms with Gasteiger partial charge in [-0.2, -0.15) is 5.10 Å². The third-order valence-electron chi connectivity index (χ3n) is 3.63. The number of hydrogen-bond acceptors (Lipinski definition) is 4. The minimum atomic E-state index is 0.220. The topological polar surface area (TPSA) is 41.0 Å². The van der Waals surface area contributed by atoms with Crippen molar-refractivity contribution in [3.63, 3.8) is 0 Å². The molecule has 0 aliphatic carbocycles. The highest BCUT2D eigenvalue weighted by molar-refractivity contribution is 5.37. The second kappa shape index (κ2) is 6.85. The molecule has 1 N–H and O–H groups in total. The lowest BCUT2D eigenvalue weighted by Crippen LogP contribution is -2.39. The van der Waals surface area contributed by atoms with E-state index in [9.17, 15) is 0 Å². The monoisotopic (exact) mass is 264 g/mol. The van der Waals surface area contributed by atoms with Gasteiger partial charge < -0.3 is 10.2 Å². The molecular weight excluding hydrogens is 236 g/mol. The van der Waals surface area contributed by atoms with Crippen molar-refractivity contribution in [3.05, 3.63) is 17.8 Å². The second-order valence-corrected chi connectivity index (χ2v) is 6.21. The van der Waals surface area contributed by atoms with E-state index in [1.54, 1.807) is 0 Å². The van der Waals surface area contributed by atoms with Gasteiger partial charge in [-0.3, -0.25) is 0 Å². The van der Waals surface area contributed by atoms with E-state index in [1.165, 1.54) is 0 Å². The number of hydrogen-bond donors (Lipinski definition) is 1. The molecule has 108 valence electrons. The van der Waals surface area contributed by atoms with Crippen LogP contribution in [0.5, 0.6) is 0 Å². The van der Waals surface area contributed by atoms with Crippen LogP contribution < -0.4 is 10.2 Å². The Morgan fingerprint density at radius 1 is 1.26 bits per heavy atom. The van der Waals surface area contributed by atoms with Gasteiger partial charge in [-0.25, -0.2) is 0 Å².